The fraction of sp³-hybridized carbons (Fsp3) is 0.300. The molecule has 0 fully saturated rings. The summed E-state index contributed by atoms with van der Waals surface area (Å²) in [5, 5.41) is 18.8. The zero-order chi connectivity index (χ0) is 10.7. The average molecular weight is 215 g/mol. The Morgan fingerprint density at radius 2 is 2.21 bits per heavy atom. The molecule has 0 aliphatic heterocycles. The Hall–Kier alpha value is -1.22. The minimum Gasteiger partial charge on any atom is -0.508 e. The lowest BCUT2D eigenvalue weighted by molar-refractivity contribution is -0.138. The van der Waals surface area contributed by atoms with Gasteiger partial charge in [0.05, 0.1) is 5.92 Å². The van der Waals surface area contributed by atoms with Crippen LogP contribution in [0.2, 0.25) is 5.02 Å². The predicted molar refractivity (Wildman–Crippen MR) is 53.8 cm³/mol. The molecule has 0 saturated carbocycles. The van der Waals surface area contributed by atoms with Gasteiger partial charge in [0.25, 0.3) is 0 Å². The average Bonchev–Trinajstić information content (AvgIpc) is 2.09. The van der Waals surface area contributed by atoms with Gasteiger partial charge in [-0.1, -0.05) is 24.6 Å². The van der Waals surface area contributed by atoms with Crippen LogP contribution in [0.4, 0.5) is 0 Å². The number of hydrogen-bond acceptors (Lipinski definition) is 2. The molecular formula is C10H11ClO3. The summed E-state index contributed by atoms with van der Waals surface area (Å²) in [5.74, 6) is -1.68. The van der Waals surface area contributed by atoms with Crippen LogP contribution in [0.1, 0.15) is 24.8 Å². The first-order valence-corrected chi connectivity index (χ1v) is 4.65. The zero-order valence-electron chi connectivity index (χ0n) is 7.70. The third kappa shape index (κ3) is 2.17. The van der Waals surface area contributed by atoms with Crippen molar-refractivity contribution in [1.29, 1.82) is 0 Å². The lowest BCUT2D eigenvalue weighted by atomic mass is 9.96. The monoisotopic (exact) mass is 214 g/mol. The quantitative estimate of drug-likeness (QED) is 0.813. The highest BCUT2D eigenvalue weighted by Gasteiger charge is 2.20. The van der Waals surface area contributed by atoms with E-state index < -0.39 is 11.9 Å². The van der Waals surface area contributed by atoms with Gasteiger partial charge in [0.2, 0.25) is 0 Å². The standard InChI is InChI=1S/C10H11ClO3/c1-2-7(10(13)14)8-4-3-6(11)5-9(8)12/h3-5,7,12H,2H2,1H3,(H,13,14). The minimum absolute atomic E-state index is 0.0632. The van der Waals surface area contributed by atoms with Crippen molar-refractivity contribution in [3.8, 4) is 5.75 Å². The van der Waals surface area contributed by atoms with Gasteiger partial charge in [-0.3, -0.25) is 4.79 Å². The van der Waals surface area contributed by atoms with E-state index >= 15 is 0 Å². The first-order chi connectivity index (χ1) is 6.56. The largest absolute Gasteiger partial charge is 0.508 e. The Kier molecular flexibility index (Phi) is 3.36. The Balaban J connectivity index is 3.10. The van der Waals surface area contributed by atoms with Gasteiger partial charge in [0.15, 0.2) is 0 Å². The van der Waals surface area contributed by atoms with E-state index in [0.717, 1.165) is 0 Å². The van der Waals surface area contributed by atoms with Crippen molar-refractivity contribution in [2.24, 2.45) is 0 Å². The number of carboxylic acids is 1. The number of hydrogen-bond donors (Lipinski definition) is 2. The highest BCUT2D eigenvalue weighted by Crippen LogP contribution is 2.30. The molecule has 0 heterocycles. The molecule has 0 radical (unpaired) electrons. The number of carbonyl (C=O) groups is 1. The molecule has 3 nitrogen and oxygen atoms in total. The van der Waals surface area contributed by atoms with Crippen molar-refractivity contribution in [1.82, 2.24) is 0 Å². The van der Waals surface area contributed by atoms with E-state index in [-0.39, 0.29) is 5.75 Å². The Morgan fingerprint density at radius 1 is 1.57 bits per heavy atom. The van der Waals surface area contributed by atoms with Gasteiger partial charge < -0.3 is 10.2 Å². The van der Waals surface area contributed by atoms with Crippen LogP contribution in [0.5, 0.6) is 5.75 Å². The lowest BCUT2D eigenvalue weighted by Crippen LogP contribution is -2.10. The number of aromatic hydroxyl groups is 1. The summed E-state index contributed by atoms with van der Waals surface area (Å²) in [6.45, 7) is 1.76. The van der Waals surface area contributed by atoms with Crippen molar-refractivity contribution in [2.45, 2.75) is 19.3 Å². The summed E-state index contributed by atoms with van der Waals surface area (Å²) < 4.78 is 0. The summed E-state index contributed by atoms with van der Waals surface area (Å²) in [7, 11) is 0. The number of aliphatic carboxylic acids is 1. The van der Waals surface area contributed by atoms with Gasteiger partial charge >= 0.3 is 5.97 Å². The first-order valence-electron chi connectivity index (χ1n) is 4.27. The van der Waals surface area contributed by atoms with Crippen LogP contribution in [0.15, 0.2) is 18.2 Å². The van der Waals surface area contributed by atoms with Crippen LogP contribution in [0.3, 0.4) is 0 Å². The van der Waals surface area contributed by atoms with Crippen molar-refractivity contribution < 1.29 is 15.0 Å². The smallest absolute Gasteiger partial charge is 0.311 e. The fourth-order valence-electron chi connectivity index (χ4n) is 1.34. The van der Waals surface area contributed by atoms with Crippen molar-refractivity contribution in [3.05, 3.63) is 28.8 Å². The molecule has 14 heavy (non-hydrogen) atoms. The summed E-state index contributed by atoms with van der Waals surface area (Å²) in [6.07, 6.45) is 0.435. The van der Waals surface area contributed by atoms with Crippen LogP contribution in [0.25, 0.3) is 0 Å². The summed E-state index contributed by atoms with van der Waals surface area (Å²) >= 11 is 5.64. The number of phenolic OH excluding ortho intramolecular Hbond substituents is 1. The SMILES string of the molecule is CCC(C(=O)O)c1ccc(Cl)cc1O. The van der Waals surface area contributed by atoms with Gasteiger partial charge in [-0.25, -0.2) is 0 Å². The molecule has 4 heteroatoms. The number of halogens is 1. The maximum absolute atomic E-state index is 10.8. The minimum atomic E-state index is -0.940. The number of carboxylic acid groups (broad SMARTS) is 1. The molecule has 0 saturated heterocycles. The second-order valence-electron chi connectivity index (χ2n) is 3.00. The molecule has 76 valence electrons. The van der Waals surface area contributed by atoms with Crippen molar-refractivity contribution in [3.63, 3.8) is 0 Å². The summed E-state index contributed by atoms with van der Waals surface area (Å²) in [6, 6.07) is 4.46. The second kappa shape index (κ2) is 4.33. The summed E-state index contributed by atoms with van der Waals surface area (Å²) in [5.41, 5.74) is 0.407. The highest BCUT2D eigenvalue weighted by molar-refractivity contribution is 6.30. The Morgan fingerprint density at radius 3 is 2.64 bits per heavy atom. The van der Waals surface area contributed by atoms with E-state index in [1.807, 2.05) is 0 Å². The molecule has 0 aromatic heterocycles. The van der Waals surface area contributed by atoms with Gasteiger partial charge in [-0.2, -0.15) is 0 Å². The maximum atomic E-state index is 10.8. The van der Waals surface area contributed by atoms with E-state index in [0.29, 0.717) is 17.0 Å². The molecule has 1 aromatic carbocycles. The fourth-order valence-corrected chi connectivity index (χ4v) is 1.51. The van der Waals surface area contributed by atoms with Crippen LogP contribution in [-0.4, -0.2) is 16.2 Å². The zero-order valence-corrected chi connectivity index (χ0v) is 8.45. The third-order valence-electron chi connectivity index (χ3n) is 2.07. The van der Waals surface area contributed by atoms with E-state index in [9.17, 15) is 9.90 Å². The molecule has 0 aliphatic carbocycles. The molecule has 0 amide bonds. The number of phenols is 1. The van der Waals surface area contributed by atoms with E-state index in [4.69, 9.17) is 16.7 Å². The van der Waals surface area contributed by atoms with Crippen molar-refractivity contribution >= 4 is 17.6 Å². The molecular weight excluding hydrogens is 204 g/mol. The molecule has 0 aliphatic rings. The van der Waals surface area contributed by atoms with E-state index in [1.165, 1.54) is 6.07 Å². The normalized spacial score (nSPS) is 12.4. The molecule has 2 N–H and O–H groups in total. The number of benzene rings is 1. The topological polar surface area (TPSA) is 57.5 Å². The maximum Gasteiger partial charge on any atom is 0.311 e. The van der Waals surface area contributed by atoms with Crippen LogP contribution < -0.4 is 0 Å². The van der Waals surface area contributed by atoms with Crippen LogP contribution in [0, 0.1) is 0 Å². The van der Waals surface area contributed by atoms with E-state index in [2.05, 4.69) is 0 Å². The Labute approximate surface area is 86.9 Å². The predicted octanol–water partition coefficient (Wildman–Crippen LogP) is 2.62. The van der Waals surface area contributed by atoms with E-state index in [1.54, 1.807) is 19.1 Å². The highest BCUT2D eigenvalue weighted by atomic mass is 35.5. The molecule has 1 unspecified atom stereocenters. The van der Waals surface area contributed by atoms with Crippen LogP contribution in [-0.2, 0) is 4.79 Å². The summed E-state index contributed by atoms with van der Waals surface area (Å²) in [4.78, 5) is 10.8. The molecule has 0 spiro atoms. The number of rotatable bonds is 3. The first kappa shape index (κ1) is 10.9. The lowest BCUT2D eigenvalue weighted by Gasteiger charge is -2.11. The van der Waals surface area contributed by atoms with Crippen molar-refractivity contribution in [2.75, 3.05) is 0 Å². The molecule has 1 atom stereocenters. The van der Waals surface area contributed by atoms with Gasteiger partial charge in [0.1, 0.15) is 5.75 Å². The van der Waals surface area contributed by atoms with Gasteiger partial charge in [-0.15, -0.1) is 0 Å². The molecule has 1 aromatic rings. The third-order valence-corrected chi connectivity index (χ3v) is 2.31. The van der Waals surface area contributed by atoms with Gasteiger partial charge in [0, 0.05) is 10.6 Å². The van der Waals surface area contributed by atoms with Gasteiger partial charge in [-0.05, 0) is 18.6 Å². The van der Waals surface area contributed by atoms with Crippen LogP contribution >= 0.6 is 11.6 Å². The Bertz CT molecular complexity index is 349. The molecule has 0 bridgehead atoms. The second-order valence-corrected chi connectivity index (χ2v) is 3.44. The molecule has 1 rings (SSSR count).